The summed E-state index contributed by atoms with van der Waals surface area (Å²) in [6, 6.07) is 5.89. The van der Waals surface area contributed by atoms with E-state index < -0.39 is 45.5 Å². The molecule has 0 spiro atoms. The first-order valence-corrected chi connectivity index (χ1v) is 17.7. The molecule has 2 aliphatic heterocycles. The standard InChI is InChI=1S/C34H49NO6S/c1-23-15-17-26(18-16-23)42(40,41)20-19-28(36)32(38)25-14-12-10-8-6-5-7-9-11-13-24(2)33(39)35-22-27-30(34(27,3)4)31(35)29(37)21-25/h15-18,24-25,27,30-31H,5-14,19-22H2,1-4H3/t24-,25+,27?,30?,31+/m0/s1. The number of amides is 1. The van der Waals surface area contributed by atoms with Gasteiger partial charge in [0.2, 0.25) is 11.7 Å². The maximum Gasteiger partial charge on any atom is 0.226 e. The molecular weight excluding hydrogens is 550 g/mol. The van der Waals surface area contributed by atoms with Gasteiger partial charge in [-0.1, -0.05) is 89.8 Å². The molecule has 2 unspecified atom stereocenters. The number of fused-ring (bicyclic) bond motifs is 3. The first-order chi connectivity index (χ1) is 19.8. The van der Waals surface area contributed by atoms with Crippen LogP contribution in [0.25, 0.3) is 0 Å². The lowest BCUT2D eigenvalue weighted by molar-refractivity contribution is -0.144. The number of hydrogen-bond donors (Lipinski definition) is 0. The van der Waals surface area contributed by atoms with Crippen molar-refractivity contribution in [3.63, 3.8) is 0 Å². The van der Waals surface area contributed by atoms with E-state index in [2.05, 4.69) is 13.8 Å². The molecular formula is C34H49NO6S. The highest BCUT2D eigenvalue weighted by Crippen LogP contribution is 2.65. The quantitative estimate of drug-likeness (QED) is 0.377. The molecule has 0 radical (unpaired) electrons. The van der Waals surface area contributed by atoms with Gasteiger partial charge in [-0.15, -0.1) is 0 Å². The van der Waals surface area contributed by atoms with Gasteiger partial charge in [-0.2, -0.15) is 0 Å². The number of benzene rings is 1. The fourth-order valence-electron chi connectivity index (χ4n) is 7.32. The third-order valence-corrected chi connectivity index (χ3v) is 12.0. The van der Waals surface area contributed by atoms with Crippen LogP contribution in [0.1, 0.15) is 103 Å². The number of carbonyl (C=O) groups excluding carboxylic acids is 4. The molecule has 42 heavy (non-hydrogen) atoms. The molecule has 7 nitrogen and oxygen atoms in total. The lowest BCUT2D eigenvalue weighted by Crippen LogP contribution is -2.48. The summed E-state index contributed by atoms with van der Waals surface area (Å²) in [7, 11) is -3.72. The second-order valence-electron chi connectivity index (χ2n) is 13.7. The predicted octanol–water partition coefficient (Wildman–Crippen LogP) is 5.91. The molecule has 1 amide bonds. The highest BCUT2D eigenvalue weighted by atomic mass is 32.2. The van der Waals surface area contributed by atoms with Crippen molar-refractivity contribution in [3.05, 3.63) is 29.8 Å². The van der Waals surface area contributed by atoms with Crippen molar-refractivity contribution >= 4 is 33.1 Å². The Morgan fingerprint density at radius 2 is 1.48 bits per heavy atom. The van der Waals surface area contributed by atoms with Gasteiger partial charge in [0.25, 0.3) is 0 Å². The van der Waals surface area contributed by atoms with Crippen LogP contribution >= 0.6 is 0 Å². The summed E-state index contributed by atoms with van der Waals surface area (Å²) in [5.74, 6) is -2.49. The summed E-state index contributed by atoms with van der Waals surface area (Å²) in [5, 5.41) is 0. The minimum Gasteiger partial charge on any atom is -0.332 e. The predicted molar refractivity (Wildman–Crippen MR) is 163 cm³/mol. The molecule has 0 N–H and O–H groups in total. The number of ketones is 3. The van der Waals surface area contributed by atoms with Crippen LogP contribution in [0.5, 0.6) is 0 Å². The summed E-state index contributed by atoms with van der Waals surface area (Å²) in [5.41, 5.74) is 0.900. The van der Waals surface area contributed by atoms with Crippen molar-refractivity contribution in [2.75, 3.05) is 12.3 Å². The molecule has 1 saturated carbocycles. The van der Waals surface area contributed by atoms with E-state index >= 15 is 0 Å². The van der Waals surface area contributed by atoms with Gasteiger partial charge in [-0.3, -0.25) is 19.2 Å². The molecule has 4 rings (SSSR count). The minimum absolute atomic E-state index is 0.0286. The largest absolute Gasteiger partial charge is 0.332 e. The van der Waals surface area contributed by atoms with Crippen LogP contribution in [0, 0.1) is 36.0 Å². The van der Waals surface area contributed by atoms with E-state index in [4.69, 9.17) is 0 Å². The zero-order valence-electron chi connectivity index (χ0n) is 25.9. The maximum absolute atomic E-state index is 13.9. The van der Waals surface area contributed by atoms with E-state index in [1.807, 2.05) is 13.8 Å². The van der Waals surface area contributed by atoms with E-state index in [0.29, 0.717) is 13.0 Å². The fourth-order valence-corrected chi connectivity index (χ4v) is 8.56. The van der Waals surface area contributed by atoms with Gasteiger partial charge in [0, 0.05) is 31.2 Å². The van der Waals surface area contributed by atoms with E-state index in [1.54, 1.807) is 17.0 Å². The summed E-state index contributed by atoms with van der Waals surface area (Å²) in [6.07, 6.45) is 8.99. The lowest BCUT2D eigenvalue weighted by Gasteiger charge is -2.32. The molecule has 5 atom stereocenters. The number of rotatable bonds is 6. The lowest BCUT2D eigenvalue weighted by atomic mass is 9.85. The van der Waals surface area contributed by atoms with E-state index in [9.17, 15) is 27.6 Å². The molecule has 0 aromatic heterocycles. The number of sulfone groups is 1. The highest BCUT2D eigenvalue weighted by Gasteiger charge is 2.69. The van der Waals surface area contributed by atoms with Crippen molar-refractivity contribution in [1.82, 2.24) is 4.90 Å². The van der Waals surface area contributed by atoms with Crippen molar-refractivity contribution in [1.29, 1.82) is 0 Å². The fraction of sp³-hybridized carbons (Fsp3) is 0.706. The zero-order valence-corrected chi connectivity index (χ0v) is 26.7. The van der Waals surface area contributed by atoms with Crippen LogP contribution in [0.3, 0.4) is 0 Å². The summed E-state index contributed by atoms with van der Waals surface area (Å²) < 4.78 is 25.6. The van der Waals surface area contributed by atoms with Gasteiger partial charge in [-0.25, -0.2) is 8.42 Å². The Labute approximate surface area is 252 Å². The monoisotopic (exact) mass is 599 g/mol. The molecule has 1 aliphatic carbocycles. The summed E-state index contributed by atoms with van der Waals surface area (Å²) in [6.45, 7) is 8.69. The molecule has 2 saturated heterocycles. The zero-order chi connectivity index (χ0) is 30.7. The van der Waals surface area contributed by atoms with Crippen LogP contribution in [-0.4, -0.2) is 54.9 Å². The van der Waals surface area contributed by atoms with E-state index in [0.717, 1.165) is 63.4 Å². The minimum atomic E-state index is -3.72. The smallest absolute Gasteiger partial charge is 0.226 e. The third-order valence-electron chi connectivity index (χ3n) is 10.3. The van der Waals surface area contributed by atoms with Gasteiger partial charge in [0.15, 0.2) is 21.4 Å². The Hall–Kier alpha value is -2.35. The molecule has 1 aromatic rings. The van der Waals surface area contributed by atoms with Crippen LogP contribution in [0.4, 0.5) is 0 Å². The number of carbonyl (C=O) groups is 4. The van der Waals surface area contributed by atoms with E-state index in [1.165, 1.54) is 12.1 Å². The Kier molecular flexibility index (Phi) is 10.5. The van der Waals surface area contributed by atoms with Gasteiger partial charge < -0.3 is 4.90 Å². The van der Waals surface area contributed by atoms with Gasteiger partial charge >= 0.3 is 0 Å². The Balaban J connectivity index is 1.49. The molecule has 2 heterocycles. The molecule has 1 aromatic carbocycles. The highest BCUT2D eigenvalue weighted by molar-refractivity contribution is 7.91. The Bertz CT molecular complexity index is 1270. The van der Waals surface area contributed by atoms with Gasteiger partial charge in [-0.05, 0) is 49.1 Å². The number of Topliss-reactive ketones (excluding diaryl/α,β-unsaturated/α-hetero) is 3. The SMILES string of the molecule is Cc1ccc(S(=O)(=O)CCC(=O)C(=O)[C@@H]2CCCCCCCCCC[C@H](C)C(=O)N3CC4C([C@H]3C(=O)C2)C4(C)C)cc1. The molecule has 3 fully saturated rings. The third kappa shape index (κ3) is 7.40. The van der Waals surface area contributed by atoms with Gasteiger partial charge in [0.05, 0.1) is 16.7 Å². The number of hydrogen-bond acceptors (Lipinski definition) is 6. The summed E-state index contributed by atoms with van der Waals surface area (Å²) in [4.78, 5) is 55.9. The molecule has 8 heteroatoms. The topological polar surface area (TPSA) is 106 Å². The first kappa shape index (κ1) is 32.6. The van der Waals surface area contributed by atoms with Crippen LogP contribution in [-0.2, 0) is 29.0 Å². The van der Waals surface area contributed by atoms with Gasteiger partial charge in [0.1, 0.15) is 0 Å². The molecule has 3 aliphatic rings. The number of nitrogens with zero attached hydrogens (tertiary/aromatic N) is 1. The second kappa shape index (κ2) is 13.5. The van der Waals surface area contributed by atoms with Crippen molar-refractivity contribution in [2.45, 2.75) is 116 Å². The number of aryl methyl sites for hydroxylation is 1. The number of piperidine rings is 1. The summed E-state index contributed by atoms with van der Waals surface area (Å²) >= 11 is 0. The normalized spacial score (nSPS) is 29.3. The van der Waals surface area contributed by atoms with Crippen molar-refractivity contribution in [3.8, 4) is 0 Å². The molecule has 0 bridgehead atoms. The van der Waals surface area contributed by atoms with Crippen LogP contribution in [0.15, 0.2) is 29.2 Å². The van der Waals surface area contributed by atoms with Crippen molar-refractivity contribution in [2.24, 2.45) is 29.1 Å². The second-order valence-corrected chi connectivity index (χ2v) is 15.8. The average Bonchev–Trinajstić information content (AvgIpc) is 3.27. The van der Waals surface area contributed by atoms with Crippen LogP contribution < -0.4 is 0 Å². The van der Waals surface area contributed by atoms with Crippen LogP contribution in [0.2, 0.25) is 0 Å². The van der Waals surface area contributed by atoms with E-state index in [-0.39, 0.29) is 46.2 Å². The Morgan fingerprint density at radius 3 is 2.10 bits per heavy atom. The Morgan fingerprint density at radius 1 is 0.905 bits per heavy atom. The van der Waals surface area contributed by atoms with Crippen molar-refractivity contribution < 1.29 is 27.6 Å². The average molecular weight is 600 g/mol. The first-order valence-electron chi connectivity index (χ1n) is 16.0. The maximum atomic E-state index is 13.9. The molecule has 232 valence electrons.